The lowest BCUT2D eigenvalue weighted by atomic mass is 10.1. The molecule has 1 heterocycles. The maximum Gasteiger partial charge on any atom is 0.251 e. The van der Waals surface area contributed by atoms with E-state index >= 15 is 0 Å². The van der Waals surface area contributed by atoms with Crippen LogP contribution in [-0.2, 0) is 9.59 Å². The first-order valence-corrected chi connectivity index (χ1v) is 9.20. The van der Waals surface area contributed by atoms with Gasteiger partial charge in [-0.15, -0.1) is 0 Å². The standard InChI is InChI=1S/C20H28N4O3/c1-15(2)22-18(25)14-23-10-12-24(13-11-23)19(26)9-6-16-4-7-17(8-5-16)20(27)21-3/h4-9,15H,10-14H2,1-3H3,(H,21,27)(H,22,25)/b9-6+. The molecular formula is C20H28N4O3. The molecule has 2 rings (SSSR count). The number of nitrogens with zero attached hydrogens (tertiary/aromatic N) is 2. The fourth-order valence-corrected chi connectivity index (χ4v) is 2.86. The maximum absolute atomic E-state index is 12.3. The lowest BCUT2D eigenvalue weighted by Gasteiger charge is -2.33. The highest BCUT2D eigenvalue weighted by Gasteiger charge is 2.21. The number of nitrogens with one attached hydrogen (secondary N) is 2. The Morgan fingerprint density at radius 2 is 1.70 bits per heavy atom. The predicted molar refractivity (Wildman–Crippen MR) is 105 cm³/mol. The van der Waals surface area contributed by atoms with E-state index in [1.54, 1.807) is 48.4 Å². The molecule has 0 radical (unpaired) electrons. The van der Waals surface area contributed by atoms with E-state index in [9.17, 15) is 14.4 Å². The third-order valence-corrected chi connectivity index (χ3v) is 4.32. The number of hydrogen-bond donors (Lipinski definition) is 2. The molecule has 1 aromatic carbocycles. The summed E-state index contributed by atoms with van der Waals surface area (Å²) in [7, 11) is 1.59. The van der Waals surface area contributed by atoms with Gasteiger partial charge in [0.1, 0.15) is 0 Å². The Morgan fingerprint density at radius 3 is 2.26 bits per heavy atom. The summed E-state index contributed by atoms with van der Waals surface area (Å²) in [5.74, 6) is -0.164. The second-order valence-electron chi connectivity index (χ2n) is 6.86. The van der Waals surface area contributed by atoms with E-state index in [4.69, 9.17) is 0 Å². The van der Waals surface area contributed by atoms with E-state index in [-0.39, 0.29) is 23.8 Å². The van der Waals surface area contributed by atoms with Gasteiger partial charge in [0.05, 0.1) is 6.54 Å². The normalized spacial score (nSPS) is 15.2. The Morgan fingerprint density at radius 1 is 1.07 bits per heavy atom. The van der Waals surface area contributed by atoms with Gasteiger partial charge in [0.2, 0.25) is 11.8 Å². The molecule has 0 unspecified atom stereocenters. The van der Waals surface area contributed by atoms with Crippen LogP contribution in [0.25, 0.3) is 6.08 Å². The van der Waals surface area contributed by atoms with Crippen LogP contribution in [0.3, 0.4) is 0 Å². The van der Waals surface area contributed by atoms with Gasteiger partial charge in [0.15, 0.2) is 0 Å². The molecule has 0 spiro atoms. The third kappa shape index (κ3) is 6.53. The van der Waals surface area contributed by atoms with E-state index < -0.39 is 0 Å². The molecule has 0 aromatic heterocycles. The first-order chi connectivity index (χ1) is 12.9. The van der Waals surface area contributed by atoms with Crippen LogP contribution in [-0.4, -0.2) is 73.3 Å². The van der Waals surface area contributed by atoms with Crippen molar-refractivity contribution in [3.05, 3.63) is 41.5 Å². The lowest BCUT2D eigenvalue weighted by molar-refractivity contribution is -0.128. The number of rotatable bonds is 6. The summed E-state index contributed by atoms with van der Waals surface area (Å²) in [4.78, 5) is 39.5. The summed E-state index contributed by atoms with van der Waals surface area (Å²) in [5, 5.41) is 5.45. The van der Waals surface area contributed by atoms with Gasteiger partial charge in [-0.2, -0.15) is 0 Å². The Bertz CT molecular complexity index is 690. The fraction of sp³-hybridized carbons (Fsp3) is 0.450. The number of hydrogen-bond acceptors (Lipinski definition) is 4. The zero-order valence-electron chi connectivity index (χ0n) is 16.2. The number of carbonyl (C=O) groups is 3. The van der Waals surface area contributed by atoms with Crippen LogP contribution in [0.1, 0.15) is 29.8 Å². The molecule has 0 aliphatic carbocycles. The molecule has 7 nitrogen and oxygen atoms in total. The minimum absolute atomic E-state index is 0.0184. The van der Waals surface area contributed by atoms with Gasteiger partial charge in [-0.05, 0) is 37.6 Å². The van der Waals surface area contributed by atoms with Crippen LogP contribution in [0.15, 0.2) is 30.3 Å². The Hall–Kier alpha value is -2.67. The predicted octanol–water partition coefficient (Wildman–Crippen LogP) is 0.728. The van der Waals surface area contributed by atoms with Gasteiger partial charge in [-0.3, -0.25) is 19.3 Å². The van der Waals surface area contributed by atoms with Gasteiger partial charge in [0, 0.05) is 50.9 Å². The summed E-state index contributed by atoms with van der Waals surface area (Å²) in [5.41, 5.74) is 1.44. The quantitative estimate of drug-likeness (QED) is 0.722. The summed E-state index contributed by atoms with van der Waals surface area (Å²) in [6.07, 6.45) is 3.30. The van der Waals surface area contributed by atoms with Crippen LogP contribution in [0.2, 0.25) is 0 Å². The van der Waals surface area contributed by atoms with Gasteiger partial charge >= 0.3 is 0 Å². The van der Waals surface area contributed by atoms with Crippen molar-refractivity contribution in [1.82, 2.24) is 20.4 Å². The van der Waals surface area contributed by atoms with Crippen molar-refractivity contribution in [1.29, 1.82) is 0 Å². The number of benzene rings is 1. The van der Waals surface area contributed by atoms with Crippen molar-refractivity contribution in [3.8, 4) is 0 Å². The zero-order valence-corrected chi connectivity index (χ0v) is 16.2. The monoisotopic (exact) mass is 372 g/mol. The fourth-order valence-electron chi connectivity index (χ4n) is 2.86. The first kappa shape index (κ1) is 20.6. The van der Waals surface area contributed by atoms with E-state index in [2.05, 4.69) is 15.5 Å². The second kappa shape index (κ2) is 9.87. The van der Waals surface area contributed by atoms with Gasteiger partial charge < -0.3 is 15.5 Å². The molecule has 3 amide bonds. The molecule has 2 N–H and O–H groups in total. The lowest BCUT2D eigenvalue weighted by Crippen LogP contribution is -2.51. The van der Waals surface area contributed by atoms with Crippen LogP contribution < -0.4 is 10.6 Å². The van der Waals surface area contributed by atoms with Crippen LogP contribution in [0.4, 0.5) is 0 Å². The van der Waals surface area contributed by atoms with Crippen LogP contribution in [0.5, 0.6) is 0 Å². The van der Waals surface area contributed by atoms with Gasteiger partial charge in [-0.1, -0.05) is 12.1 Å². The van der Waals surface area contributed by atoms with Crippen molar-refractivity contribution in [2.24, 2.45) is 0 Å². The summed E-state index contributed by atoms with van der Waals surface area (Å²) in [6.45, 7) is 6.83. The smallest absolute Gasteiger partial charge is 0.251 e. The highest BCUT2D eigenvalue weighted by atomic mass is 16.2. The van der Waals surface area contributed by atoms with Crippen molar-refractivity contribution >= 4 is 23.8 Å². The molecule has 0 atom stereocenters. The molecule has 0 bridgehead atoms. The third-order valence-electron chi connectivity index (χ3n) is 4.32. The van der Waals surface area contributed by atoms with Crippen molar-refractivity contribution in [2.75, 3.05) is 39.8 Å². The van der Waals surface area contributed by atoms with E-state index in [1.807, 2.05) is 13.8 Å². The molecule has 1 saturated heterocycles. The summed E-state index contributed by atoms with van der Waals surface area (Å²) < 4.78 is 0. The molecule has 1 fully saturated rings. The molecular weight excluding hydrogens is 344 g/mol. The molecule has 1 aliphatic rings. The van der Waals surface area contributed by atoms with Gasteiger partial charge in [-0.25, -0.2) is 0 Å². The van der Waals surface area contributed by atoms with Crippen LogP contribution >= 0.6 is 0 Å². The average Bonchev–Trinajstić information content (AvgIpc) is 2.65. The molecule has 27 heavy (non-hydrogen) atoms. The topological polar surface area (TPSA) is 81.8 Å². The number of carbonyl (C=O) groups excluding carboxylic acids is 3. The van der Waals surface area contributed by atoms with Crippen molar-refractivity contribution < 1.29 is 14.4 Å². The van der Waals surface area contributed by atoms with Crippen molar-refractivity contribution in [3.63, 3.8) is 0 Å². The highest BCUT2D eigenvalue weighted by Crippen LogP contribution is 2.08. The maximum atomic E-state index is 12.3. The Kier molecular flexibility index (Phi) is 7.55. The van der Waals surface area contributed by atoms with Crippen molar-refractivity contribution in [2.45, 2.75) is 19.9 Å². The zero-order chi connectivity index (χ0) is 19.8. The number of piperazine rings is 1. The van der Waals surface area contributed by atoms with E-state index in [0.717, 1.165) is 5.56 Å². The Labute approximate surface area is 160 Å². The summed E-state index contributed by atoms with van der Waals surface area (Å²) in [6, 6.07) is 7.20. The van der Waals surface area contributed by atoms with E-state index in [1.165, 1.54) is 0 Å². The largest absolute Gasteiger partial charge is 0.355 e. The molecule has 1 aliphatic heterocycles. The number of amides is 3. The molecule has 146 valence electrons. The van der Waals surface area contributed by atoms with E-state index in [0.29, 0.717) is 38.3 Å². The summed E-state index contributed by atoms with van der Waals surface area (Å²) >= 11 is 0. The molecule has 7 heteroatoms. The molecule has 0 saturated carbocycles. The van der Waals surface area contributed by atoms with Gasteiger partial charge in [0.25, 0.3) is 5.91 Å². The minimum atomic E-state index is -0.137. The second-order valence-corrected chi connectivity index (χ2v) is 6.86. The Balaban J connectivity index is 1.81. The molecule has 1 aromatic rings. The highest BCUT2D eigenvalue weighted by molar-refractivity contribution is 5.94. The van der Waals surface area contributed by atoms with Crippen LogP contribution in [0, 0.1) is 0 Å². The first-order valence-electron chi connectivity index (χ1n) is 9.20. The SMILES string of the molecule is CNC(=O)c1ccc(/C=C/C(=O)N2CCN(CC(=O)NC(C)C)CC2)cc1. The average molecular weight is 372 g/mol. The minimum Gasteiger partial charge on any atom is -0.355 e.